The molecule has 128 valence electrons. The van der Waals surface area contributed by atoms with Gasteiger partial charge in [-0.15, -0.1) is 0 Å². The van der Waals surface area contributed by atoms with E-state index in [4.69, 9.17) is 0 Å². The van der Waals surface area contributed by atoms with Gasteiger partial charge in [0.2, 0.25) is 0 Å². The maximum atomic E-state index is 12.3. The molecule has 2 aromatic rings. The topological polar surface area (TPSA) is 71.0 Å². The van der Waals surface area contributed by atoms with Gasteiger partial charge in [-0.2, -0.15) is 5.26 Å². The fourth-order valence-electron chi connectivity index (χ4n) is 3.31. The van der Waals surface area contributed by atoms with Crippen molar-refractivity contribution in [1.29, 1.82) is 5.26 Å². The molecule has 1 aliphatic heterocycles. The summed E-state index contributed by atoms with van der Waals surface area (Å²) in [7, 11) is 3.00. The fourth-order valence-corrected chi connectivity index (χ4v) is 3.31. The molecule has 0 spiro atoms. The third-order valence-corrected chi connectivity index (χ3v) is 4.63. The van der Waals surface area contributed by atoms with Gasteiger partial charge in [-0.1, -0.05) is 42.5 Å². The Balaban J connectivity index is 2.04. The third-order valence-electron chi connectivity index (χ3n) is 4.63. The van der Waals surface area contributed by atoms with Crippen LogP contribution >= 0.6 is 0 Å². The van der Waals surface area contributed by atoms with Crippen molar-refractivity contribution in [1.82, 2.24) is 9.13 Å². The third kappa shape index (κ3) is 3.01. The average Bonchev–Trinajstić information content (AvgIpc) is 3.10. The van der Waals surface area contributed by atoms with Gasteiger partial charge in [0, 0.05) is 26.7 Å². The summed E-state index contributed by atoms with van der Waals surface area (Å²) >= 11 is 0. The standard InChI is InChI=1S/C19H20N4O2/c1-21-17(16(13-20)18(24)22(2)19(21)25)23-12-6-9-15(23)11-10-14-7-4-3-5-8-14/h3-5,7-8,10-11,15H,6,9,12H2,1-2H3. The van der Waals surface area contributed by atoms with Crippen molar-refractivity contribution >= 4 is 11.9 Å². The summed E-state index contributed by atoms with van der Waals surface area (Å²) in [4.78, 5) is 26.6. The van der Waals surface area contributed by atoms with Crippen molar-refractivity contribution in [3.05, 3.63) is 68.4 Å². The van der Waals surface area contributed by atoms with Gasteiger partial charge in [0.05, 0.1) is 0 Å². The number of nitrogens with zero attached hydrogens (tertiary/aromatic N) is 4. The molecule has 1 atom stereocenters. The monoisotopic (exact) mass is 336 g/mol. The van der Waals surface area contributed by atoms with Crippen LogP contribution in [0.2, 0.25) is 0 Å². The minimum atomic E-state index is -0.543. The molecule has 6 nitrogen and oxygen atoms in total. The van der Waals surface area contributed by atoms with Crippen LogP contribution in [0.15, 0.2) is 46.0 Å². The zero-order valence-corrected chi connectivity index (χ0v) is 14.3. The molecule has 0 aliphatic carbocycles. The highest BCUT2D eigenvalue weighted by Crippen LogP contribution is 2.27. The van der Waals surface area contributed by atoms with Crippen molar-refractivity contribution in [2.24, 2.45) is 14.1 Å². The molecule has 3 rings (SSSR count). The van der Waals surface area contributed by atoms with E-state index in [2.05, 4.69) is 6.08 Å². The van der Waals surface area contributed by atoms with Gasteiger partial charge in [-0.25, -0.2) is 4.79 Å². The predicted octanol–water partition coefficient (Wildman–Crippen LogP) is 1.64. The molecule has 1 fully saturated rings. The number of nitriles is 1. The second-order valence-corrected chi connectivity index (χ2v) is 6.19. The highest BCUT2D eigenvalue weighted by molar-refractivity contribution is 5.58. The minimum absolute atomic E-state index is 0.0182. The number of anilines is 1. The van der Waals surface area contributed by atoms with Crippen LogP contribution in [-0.4, -0.2) is 21.7 Å². The Morgan fingerprint density at radius 1 is 1.16 bits per heavy atom. The lowest BCUT2D eigenvalue weighted by Gasteiger charge is -2.27. The van der Waals surface area contributed by atoms with Crippen LogP contribution in [-0.2, 0) is 14.1 Å². The highest BCUT2D eigenvalue weighted by Gasteiger charge is 2.29. The smallest absolute Gasteiger partial charge is 0.332 e. The molecule has 1 saturated heterocycles. The van der Waals surface area contributed by atoms with E-state index in [1.807, 2.05) is 47.4 Å². The molecule has 0 saturated carbocycles. The predicted molar refractivity (Wildman–Crippen MR) is 97.5 cm³/mol. The van der Waals surface area contributed by atoms with Crippen LogP contribution in [0.25, 0.3) is 6.08 Å². The summed E-state index contributed by atoms with van der Waals surface area (Å²) in [5.74, 6) is 0.413. The molecule has 0 bridgehead atoms. The summed E-state index contributed by atoms with van der Waals surface area (Å²) < 4.78 is 2.38. The van der Waals surface area contributed by atoms with E-state index in [0.717, 1.165) is 23.0 Å². The summed E-state index contributed by atoms with van der Waals surface area (Å²) in [5.41, 5.74) is 0.146. The molecule has 1 aromatic heterocycles. The normalized spacial score (nSPS) is 17.2. The van der Waals surface area contributed by atoms with Gasteiger partial charge in [-0.3, -0.25) is 13.9 Å². The second kappa shape index (κ2) is 6.81. The van der Waals surface area contributed by atoms with Crippen molar-refractivity contribution in [2.75, 3.05) is 11.4 Å². The zero-order valence-electron chi connectivity index (χ0n) is 14.3. The highest BCUT2D eigenvalue weighted by atomic mass is 16.2. The fraction of sp³-hybridized carbons (Fsp3) is 0.316. The van der Waals surface area contributed by atoms with Crippen molar-refractivity contribution in [3.63, 3.8) is 0 Å². The van der Waals surface area contributed by atoms with Crippen LogP contribution in [0.5, 0.6) is 0 Å². The van der Waals surface area contributed by atoms with Crippen molar-refractivity contribution in [3.8, 4) is 6.07 Å². The van der Waals surface area contributed by atoms with E-state index in [1.54, 1.807) is 7.05 Å². The lowest BCUT2D eigenvalue weighted by Crippen LogP contribution is -2.43. The molecule has 0 N–H and O–H groups in total. The Hall–Kier alpha value is -3.07. The molecule has 1 unspecified atom stereocenters. The van der Waals surface area contributed by atoms with Gasteiger partial charge in [0.25, 0.3) is 5.56 Å². The average molecular weight is 336 g/mol. The molecule has 6 heteroatoms. The molecular weight excluding hydrogens is 316 g/mol. The van der Waals surface area contributed by atoms with Gasteiger partial charge in [-0.05, 0) is 18.4 Å². The zero-order chi connectivity index (χ0) is 18.0. The summed E-state index contributed by atoms with van der Waals surface area (Å²) in [6, 6.07) is 12.0. The first-order chi connectivity index (χ1) is 12.0. The number of aromatic nitrogens is 2. The Morgan fingerprint density at radius 2 is 1.88 bits per heavy atom. The van der Waals surface area contributed by atoms with Gasteiger partial charge in [0.15, 0.2) is 5.56 Å². The van der Waals surface area contributed by atoms with Crippen LogP contribution < -0.4 is 16.1 Å². The van der Waals surface area contributed by atoms with E-state index in [-0.39, 0.29) is 11.6 Å². The van der Waals surface area contributed by atoms with Gasteiger partial charge in [0.1, 0.15) is 11.9 Å². The Morgan fingerprint density at radius 3 is 2.56 bits per heavy atom. The van der Waals surface area contributed by atoms with Gasteiger partial charge >= 0.3 is 5.69 Å². The largest absolute Gasteiger partial charge is 0.350 e. The SMILES string of the molecule is Cn1c(N2CCCC2C=Cc2ccccc2)c(C#N)c(=O)n(C)c1=O. The van der Waals surface area contributed by atoms with E-state index in [0.29, 0.717) is 12.4 Å². The number of hydrogen-bond donors (Lipinski definition) is 0. The van der Waals surface area contributed by atoms with Crippen LogP contribution in [0.1, 0.15) is 24.0 Å². The quantitative estimate of drug-likeness (QED) is 0.854. The number of rotatable bonds is 3. The summed E-state index contributed by atoms with van der Waals surface area (Å²) in [6.45, 7) is 0.707. The van der Waals surface area contributed by atoms with E-state index in [9.17, 15) is 14.9 Å². The first kappa shape index (κ1) is 16.8. The van der Waals surface area contributed by atoms with E-state index < -0.39 is 11.2 Å². The molecule has 2 heterocycles. The van der Waals surface area contributed by atoms with E-state index in [1.165, 1.54) is 11.6 Å². The number of hydrogen-bond acceptors (Lipinski definition) is 4. The van der Waals surface area contributed by atoms with Gasteiger partial charge < -0.3 is 4.90 Å². The molecular formula is C19H20N4O2. The summed E-state index contributed by atoms with van der Waals surface area (Å²) in [6.07, 6.45) is 5.97. The molecule has 1 aromatic carbocycles. The molecule has 1 aliphatic rings. The van der Waals surface area contributed by atoms with Crippen molar-refractivity contribution in [2.45, 2.75) is 18.9 Å². The maximum Gasteiger partial charge on any atom is 0.332 e. The summed E-state index contributed by atoms with van der Waals surface area (Å²) in [5, 5.41) is 9.47. The Labute approximate surface area is 145 Å². The molecule has 0 radical (unpaired) electrons. The van der Waals surface area contributed by atoms with Crippen LogP contribution in [0.4, 0.5) is 5.82 Å². The molecule has 0 amide bonds. The number of benzene rings is 1. The van der Waals surface area contributed by atoms with Crippen LogP contribution in [0, 0.1) is 11.3 Å². The first-order valence-electron chi connectivity index (χ1n) is 8.24. The lowest BCUT2D eigenvalue weighted by molar-refractivity contribution is 0.657. The first-order valence-corrected chi connectivity index (χ1v) is 8.24. The minimum Gasteiger partial charge on any atom is -0.350 e. The Kier molecular flexibility index (Phi) is 4.57. The van der Waals surface area contributed by atoms with E-state index >= 15 is 0 Å². The lowest BCUT2D eigenvalue weighted by atomic mass is 10.1. The maximum absolute atomic E-state index is 12.3. The molecule has 25 heavy (non-hydrogen) atoms. The van der Waals surface area contributed by atoms with Crippen LogP contribution in [0.3, 0.4) is 0 Å². The second-order valence-electron chi connectivity index (χ2n) is 6.19. The Bertz CT molecular complexity index is 964. The van der Waals surface area contributed by atoms with Crippen molar-refractivity contribution < 1.29 is 0 Å².